The molecular formula is C32H46N4O5. The number of carbonyl (C=O) groups excluding carboxylic acids is 3. The van der Waals surface area contributed by atoms with Crippen LogP contribution in [0.2, 0.25) is 0 Å². The summed E-state index contributed by atoms with van der Waals surface area (Å²) < 4.78 is 10.4. The molecule has 1 fully saturated rings. The Morgan fingerprint density at radius 3 is 2.41 bits per heavy atom. The molecule has 2 aromatic carbocycles. The molecule has 3 amide bonds. The average molecular weight is 567 g/mol. The van der Waals surface area contributed by atoms with Gasteiger partial charge in [0.2, 0.25) is 0 Å². The normalized spacial score (nSPS) is 17.6. The number of methoxy groups -OCH3 is 1. The lowest BCUT2D eigenvalue weighted by atomic mass is 10.0. The predicted octanol–water partition coefficient (Wildman–Crippen LogP) is 5.07. The number of rotatable bonds is 15. The fourth-order valence-electron chi connectivity index (χ4n) is 5.11. The summed E-state index contributed by atoms with van der Waals surface area (Å²) in [6.45, 7) is 7.89. The molecule has 0 bridgehead atoms. The SMILES string of the molecule is COc1ccc(C(=O)N[C@@H](CC(C)C)C(=O)NN2CC(C)C[C@@H]2CCCCCNC(=O)OCc2ccccc2)cc1. The minimum atomic E-state index is -0.631. The Morgan fingerprint density at radius 2 is 1.73 bits per heavy atom. The summed E-state index contributed by atoms with van der Waals surface area (Å²) in [6.07, 6.45) is 4.94. The molecule has 1 heterocycles. The number of benzene rings is 2. The first kappa shape index (κ1) is 31.9. The van der Waals surface area contributed by atoms with Crippen LogP contribution in [0.1, 0.15) is 75.2 Å². The number of alkyl carbamates (subject to hydrolysis) is 1. The number of amides is 3. The number of ether oxygens (including phenoxy) is 2. The van der Waals surface area contributed by atoms with E-state index in [0.29, 0.717) is 30.2 Å². The molecule has 1 aliphatic rings. The van der Waals surface area contributed by atoms with Gasteiger partial charge in [0.1, 0.15) is 18.4 Å². The predicted molar refractivity (Wildman–Crippen MR) is 159 cm³/mol. The molecule has 3 N–H and O–H groups in total. The van der Waals surface area contributed by atoms with Crippen LogP contribution in [0, 0.1) is 11.8 Å². The summed E-state index contributed by atoms with van der Waals surface area (Å²) in [5.74, 6) is 0.915. The van der Waals surface area contributed by atoms with E-state index in [1.807, 2.05) is 44.2 Å². The Morgan fingerprint density at radius 1 is 1.00 bits per heavy atom. The molecule has 224 valence electrons. The van der Waals surface area contributed by atoms with Crippen molar-refractivity contribution < 1.29 is 23.9 Å². The molecule has 41 heavy (non-hydrogen) atoms. The molecule has 1 saturated heterocycles. The van der Waals surface area contributed by atoms with Crippen molar-refractivity contribution in [1.82, 2.24) is 21.1 Å². The van der Waals surface area contributed by atoms with E-state index in [2.05, 4.69) is 28.0 Å². The minimum Gasteiger partial charge on any atom is -0.497 e. The fraction of sp³-hybridized carbons (Fsp3) is 0.531. The largest absolute Gasteiger partial charge is 0.497 e. The highest BCUT2D eigenvalue weighted by atomic mass is 16.5. The molecule has 9 nitrogen and oxygen atoms in total. The molecule has 0 spiro atoms. The standard InChI is InChI=1S/C32H46N4O5/c1-23(2)19-29(34-30(37)26-14-16-28(40-4)17-15-26)31(38)35-36-21-24(3)20-27(36)13-9-6-10-18-33-32(39)41-22-25-11-7-5-8-12-25/h5,7-8,11-12,14-17,23-24,27,29H,6,9-10,13,18-22H2,1-4H3,(H,33,39)(H,34,37)(H,35,38)/t24?,27-,29-/m0/s1. The van der Waals surface area contributed by atoms with E-state index in [9.17, 15) is 14.4 Å². The smallest absolute Gasteiger partial charge is 0.407 e. The molecular weight excluding hydrogens is 520 g/mol. The van der Waals surface area contributed by atoms with Gasteiger partial charge in [-0.25, -0.2) is 9.80 Å². The summed E-state index contributed by atoms with van der Waals surface area (Å²) in [6, 6.07) is 16.1. The topological polar surface area (TPSA) is 109 Å². The maximum Gasteiger partial charge on any atom is 0.407 e. The van der Waals surface area contributed by atoms with Gasteiger partial charge >= 0.3 is 6.09 Å². The number of nitrogens with zero attached hydrogens (tertiary/aromatic N) is 1. The van der Waals surface area contributed by atoms with Crippen molar-refractivity contribution in [2.24, 2.45) is 11.8 Å². The monoisotopic (exact) mass is 566 g/mol. The van der Waals surface area contributed by atoms with Gasteiger partial charge in [0.25, 0.3) is 11.8 Å². The Bertz CT molecular complexity index is 1090. The van der Waals surface area contributed by atoms with Crippen molar-refractivity contribution in [3.8, 4) is 5.75 Å². The summed E-state index contributed by atoms with van der Waals surface area (Å²) in [5.41, 5.74) is 4.56. The number of carbonyl (C=O) groups is 3. The number of hydrogen-bond acceptors (Lipinski definition) is 6. The molecule has 3 atom stereocenters. The van der Waals surface area contributed by atoms with Gasteiger partial charge in [-0.2, -0.15) is 0 Å². The van der Waals surface area contributed by atoms with Crippen LogP contribution in [0.15, 0.2) is 54.6 Å². The van der Waals surface area contributed by atoms with E-state index >= 15 is 0 Å². The van der Waals surface area contributed by atoms with Crippen molar-refractivity contribution in [2.75, 3.05) is 20.2 Å². The summed E-state index contributed by atoms with van der Waals surface area (Å²) >= 11 is 0. The van der Waals surface area contributed by atoms with E-state index in [-0.39, 0.29) is 30.4 Å². The first-order valence-electron chi connectivity index (χ1n) is 14.7. The van der Waals surface area contributed by atoms with Crippen LogP contribution in [0.4, 0.5) is 4.79 Å². The van der Waals surface area contributed by atoms with Gasteiger partial charge < -0.3 is 20.1 Å². The van der Waals surface area contributed by atoms with E-state index in [4.69, 9.17) is 9.47 Å². The molecule has 2 aromatic rings. The van der Waals surface area contributed by atoms with Gasteiger partial charge in [-0.05, 0) is 67.3 Å². The van der Waals surface area contributed by atoms with Crippen LogP contribution >= 0.6 is 0 Å². The van der Waals surface area contributed by atoms with Gasteiger partial charge in [-0.3, -0.25) is 15.0 Å². The van der Waals surface area contributed by atoms with E-state index in [1.54, 1.807) is 31.4 Å². The van der Waals surface area contributed by atoms with Crippen molar-refractivity contribution in [2.45, 2.75) is 78.0 Å². The number of nitrogens with one attached hydrogen (secondary N) is 3. The molecule has 0 radical (unpaired) electrons. The lowest BCUT2D eigenvalue weighted by Gasteiger charge is -2.28. The fourth-order valence-corrected chi connectivity index (χ4v) is 5.11. The molecule has 1 unspecified atom stereocenters. The van der Waals surface area contributed by atoms with Crippen LogP contribution in [0.3, 0.4) is 0 Å². The van der Waals surface area contributed by atoms with Crippen molar-refractivity contribution >= 4 is 17.9 Å². The van der Waals surface area contributed by atoms with Gasteiger partial charge in [0, 0.05) is 24.7 Å². The number of hydrazine groups is 1. The maximum atomic E-state index is 13.3. The molecule has 0 aliphatic carbocycles. The molecule has 0 saturated carbocycles. The second-order valence-corrected chi connectivity index (χ2v) is 11.3. The van der Waals surface area contributed by atoms with Gasteiger partial charge in [-0.1, -0.05) is 63.9 Å². The van der Waals surface area contributed by atoms with Crippen LogP contribution < -0.4 is 20.8 Å². The second kappa shape index (κ2) is 16.6. The molecule has 3 rings (SSSR count). The van der Waals surface area contributed by atoms with Gasteiger partial charge in [0.15, 0.2) is 0 Å². The third kappa shape index (κ3) is 11.1. The zero-order valence-electron chi connectivity index (χ0n) is 24.9. The van der Waals surface area contributed by atoms with Crippen LogP contribution in [-0.2, 0) is 16.1 Å². The average Bonchev–Trinajstić information content (AvgIpc) is 3.31. The quantitative estimate of drug-likeness (QED) is 0.260. The Kier molecular flexibility index (Phi) is 12.9. The third-order valence-corrected chi connectivity index (χ3v) is 7.25. The van der Waals surface area contributed by atoms with Crippen LogP contribution in [0.5, 0.6) is 5.75 Å². The highest BCUT2D eigenvalue weighted by molar-refractivity contribution is 5.97. The van der Waals surface area contributed by atoms with Crippen molar-refractivity contribution in [1.29, 1.82) is 0 Å². The van der Waals surface area contributed by atoms with Crippen LogP contribution in [0.25, 0.3) is 0 Å². The number of unbranched alkanes of at least 4 members (excludes halogenated alkanes) is 2. The lowest BCUT2D eigenvalue weighted by molar-refractivity contribution is -0.128. The Hall–Kier alpha value is -3.59. The highest BCUT2D eigenvalue weighted by Crippen LogP contribution is 2.25. The molecule has 0 aromatic heterocycles. The van der Waals surface area contributed by atoms with Gasteiger partial charge in [-0.15, -0.1) is 0 Å². The van der Waals surface area contributed by atoms with Crippen molar-refractivity contribution in [3.63, 3.8) is 0 Å². The first-order chi connectivity index (χ1) is 19.7. The van der Waals surface area contributed by atoms with Crippen molar-refractivity contribution in [3.05, 3.63) is 65.7 Å². The summed E-state index contributed by atoms with van der Waals surface area (Å²) in [5, 5.41) is 7.80. The zero-order valence-corrected chi connectivity index (χ0v) is 24.9. The number of hydrogen-bond donors (Lipinski definition) is 3. The maximum absolute atomic E-state index is 13.3. The second-order valence-electron chi connectivity index (χ2n) is 11.3. The van der Waals surface area contributed by atoms with Gasteiger partial charge in [0.05, 0.1) is 7.11 Å². The zero-order chi connectivity index (χ0) is 29.6. The van der Waals surface area contributed by atoms with Crippen LogP contribution in [-0.4, -0.2) is 55.2 Å². The third-order valence-electron chi connectivity index (χ3n) is 7.25. The molecule has 9 heteroatoms. The van der Waals surface area contributed by atoms with E-state index in [0.717, 1.165) is 44.2 Å². The lowest BCUT2D eigenvalue weighted by Crippen LogP contribution is -2.54. The highest BCUT2D eigenvalue weighted by Gasteiger charge is 2.32. The first-order valence-corrected chi connectivity index (χ1v) is 14.7. The summed E-state index contributed by atoms with van der Waals surface area (Å²) in [4.78, 5) is 38.1. The minimum absolute atomic E-state index is 0.183. The molecule has 1 aliphatic heterocycles. The summed E-state index contributed by atoms with van der Waals surface area (Å²) in [7, 11) is 1.58. The Labute approximate surface area is 244 Å². The van der Waals surface area contributed by atoms with E-state index < -0.39 is 12.1 Å². The Balaban J connectivity index is 1.41. The van der Waals surface area contributed by atoms with E-state index in [1.165, 1.54) is 0 Å².